The highest BCUT2D eigenvalue weighted by atomic mass is 16.5. The summed E-state index contributed by atoms with van der Waals surface area (Å²) in [7, 11) is 0. The summed E-state index contributed by atoms with van der Waals surface area (Å²) in [5.74, 6) is -1.71. The van der Waals surface area contributed by atoms with Crippen molar-refractivity contribution in [1.29, 1.82) is 0 Å². The number of hydrogen-bond donors (Lipinski definition) is 2. The highest BCUT2D eigenvalue weighted by Crippen LogP contribution is 2.18. The van der Waals surface area contributed by atoms with Crippen LogP contribution in [0.15, 0.2) is 24.3 Å². The van der Waals surface area contributed by atoms with E-state index in [0.717, 1.165) is 0 Å². The molecule has 0 saturated carbocycles. The van der Waals surface area contributed by atoms with Crippen molar-refractivity contribution in [3.63, 3.8) is 0 Å². The number of ether oxygens (including phenoxy) is 2. The van der Waals surface area contributed by atoms with Crippen molar-refractivity contribution in [1.82, 2.24) is 0 Å². The summed E-state index contributed by atoms with van der Waals surface area (Å²) in [4.78, 5) is 22.8. The molecule has 0 fully saturated rings. The summed E-state index contributed by atoms with van der Waals surface area (Å²) in [6.07, 6.45) is -0.585. The first-order valence-electron chi connectivity index (χ1n) is 7.28. The fraction of sp³-hybridized carbons (Fsp3) is 0.500. The van der Waals surface area contributed by atoms with Crippen molar-refractivity contribution < 1.29 is 24.2 Å². The summed E-state index contributed by atoms with van der Waals surface area (Å²) in [5, 5.41) is 11.7. The molecule has 0 bridgehead atoms. The third-order valence-corrected chi connectivity index (χ3v) is 3.22. The Labute approximate surface area is 130 Å². The minimum absolute atomic E-state index is 0.254. The number of rotatable bonds is 9. The van der Waals surface area contributed by atoms with E-state index in [9.17, 15) is 9.59 Å². The van der Waals surface area contributed by atoms with Crippen molar-refractivity contribution in [2.24, 2.45) is 0 Å². The van der Waals surface area contributed by atoms with Gasteiger partial charge in [0.05, 0.1) is 19.1 Å². The van der Waals surface area contributed by atoms with Crippen LogP contribution in [0.5, 0.6) is 0 Å². The Morgan fingerprint density at radius 3 is 2.36 bits per heavy atom. The molecule has 1 amide bonds. The third-order valence-electron chi connectivity index (χ3n) is 3.22. The minimum Gasteiger partial charge on any atom is -0.481 e. The summed E-state index contributed by atoms with van der Waals surface area (Å²) >= 11 is 0. The average molecular weight is 309 g/mol. The number of benzene rings is 1. The van der Waals surface area contributed by atoms with Gasteiger partial charge in [0.1, 0.15) is 6.10 Å². The molecule has 0 heterocycles. The molecule has 22 heavy (non-hydrogen) atoms. The standard InChI is InChI=1S/C16H23NO5/c1-4-21-9-10-22-12(3)15(18)17-14-7-5-13(6-8-14)11(2)16(19)20/h5-8,11-12H,4,9-10H2,1-3H3,(H,17,18)(H,19,20). The van der Waals surface area contributed by atoms with Crippen LogP contribution >= 0.6 is 0 Å². The first-order valence-corrected chi connectivity index (χ1v) is 7.28. The lowest BCUT2D eigenvalue weighted by Crippen LogP contribution is -2.28. The zero-order chi connectivity index (χ0) is 16.5. The average Bonchev–Trinajstić information content (AvgIpc) is 2.51. The van der Waals surface area contributed by atoms with Crippen LogP contribution in [-0.4, -0.2) is 42.9 Å². The molecule has 0 saturated heterocycles. The number of carbonyl (C=O) groups is 2. The smallest absolute Gasteiger partial charge is 0.310 e. The predicted octanol–water partition coefficient (Wildman–Crippen LogP) is 2.25. The van der Waals surface area contributed by atoms with Crippen molar-refractivity contribution in [2.45, 2.75) is 32.8 Å². The molecular weight excluding hydrogens is 286 g/mol. The van der Waals surface area contributed by atoms with Crippen molar-refractivity contribution in [3.8, 4) is 0 Å². The maximum atomic E-state index is 11.9. The van der Waals surface area contributed by atoms with Crippen molar-refractivity contribution in [2.75, 3.05) is 25.1 Å². The van der Waals surface area contributed by atoms with Gasteiger partial charge in [-0.05, 0) is 38.5 Å². The summed E-state index contributed by atoms with van der Waals surface area (Å²) < 4.78 is 10.5. The number of anilines is 1. The Hall–Kier alpha value is -1.92. The number of amides is 1. The molecule has 2 unspecified atom stereocenters. The molecule has 2 atom stereocenters. The van der Waals surface area contributed by atoms with Crippen LogP contribution in [0.25, 0.3) is 0 Å². The molecule has 0 radical (unpaired) electrons. The van der Waals surface area contributed by atoms with Crippen LogP contribution in [0.2, 0.25) is 0 Å². The fourth-order valence-electron chi connectivity index (χ4n) is 1.75. The lowest BCUT2D eigenvalue weighted by atomic mass is 10.0. The van der Waals surface area contributed by atoms with Gasteiger partial charge in [-0.1, -0.05) is 12.1 Å². The molecule has 0 aliphatic heterocycles. The largest absolute Gasteiger partial charge is 0.481 e. The maximum absolute atomic E-state index is 11.9. The molecule has 6 nitrogen and oxygen atoms in total. The topological polar surface area (TPSA) is 84.9 Å². The van der Waals surface area contributed by atoms with Gasteiger partial charge < -0.3 is 19.9 Å². The first kappa shape index (κ1) is 18.1. The van der Waals surface area contributed by atoms with Crippen molar-refractivity contribution >= 4 is 17.6 Å². The molecular formula is C16H23NO5. The molecule has 1 rings (SSSR count). The molecule has 2 N–H and O–H groups in total. The van der Waals surface area contributed by atoms with E-state index in [0.29, 0.717) is 31.1 Å². The SMILES string of the molecule is CCOCCOC(C)C(=O)Nc1ccc(C(C)C(=O)O)cc1. The van der Waals surface area contributed by atoms with Gasteiger partial charge in [-0.2, -0.15) is 0 Å². The third kappa shape index (κ3) is 5.83. The van der Waals surface area contributed by atoms with E-state index in [4.69, 9.17) is 14.6 Å². The predicted molar refractivity (Wildman–Crippen MR) is 83.0 cm³/mol. The second-order valence-electron chi connectivity index (χ2n) is 4.88. The molecule has 0 aliphatic carbocycles. The van der Waals surface area contributed by atoms with Crippen LogP contribution < -0.4 is 5.32 Å². The lowest BCUT2D eigenvalue weighted by Gasteiger charge is -2.14. The Bertz CT molecular complexity index is 486. The first-order chi connectivity index (χ1) is 10.5. The fourth-order valence-corrected chi connectivity index (χ4v) is 1.75. The molecule has 6 heteroatoms. The summed E-state index contributed by atoms with van der Waals surface area (Å²) in [6.45, 7) is 6.61. The van der Waals surface area contributed by atoms with E-state index in [1.54, 1.807) is 38.1 Å². The summed E-state index contributed by atoms with van der Waals surface area (Å²) in [6, 6.07) is 6.74. The second-order valence-corrected chi connectivity index (χ2v) is 4.88. The van der Waals surface area contributed by atoms with Crippen molar-refractivity contribution in [3.05, 3.63) is 29.8 Å². The van der Waals surface area contributed by atoms with Gasteiger partial charge in [-0.15, -0.1) is 0 Å². The molecule has 1 aromatic carbocycles. The van der Waals surface area contributed by atoms with Gasteiger partial charge >= 0.3 is 5.97 Å². The zero-order valence-corrected chi connectivity index (χ0v) is 13.2. The molecule has 0 spiro atoms. The second kappa shape index (κ2) is 9.17. The lowest BCUT2D eigenvalue weighted by molar-refractivity contribution is -0.138. The number of hydrogen-bond acceptors (Lipinski definition) is 4. The number of carboxylic acids is 1. The molecule has 0 aliphatic rings. The number of carbonyl (C=O) groups excluding carboxylic acids is 1. The normalized spacial score (nSPS) is 13.4. The highest BCUT2D eigenvalue weighted by molar-refractivity contribution is 5.93. The van der Waals surface area contributed by atoms with Crippen LogP contribution in [0.4, 0.5) is 5.69 Å². The van der Waals surface area contributed by atoms with Crippen LogP contribution in [0, 0.1) is 0 Å². The van der Waals surface area contributed by atoms with E-state index in [-0.39, 0.29) is 5.91 Å². The van der Waals surface area contributed by atoms with E-state index in [2.05, 4.69) is 5.32 Å². The molecule has 122 valence electrons. The van der Waals surface area contributed by atoms with Gasteiger partial charge in [0, 0.05) is 12.3 Å². The number of carboxylic acid groups (broad SMARTS) is 1. The van der Waals surface area contributed by atoms with E-state index in [1.807, 2.05) is 6.92 Å². The zero-order valence-electron chi connectivity index (χ0n) is 13.2. The van der Waals surface area contributed by atoms with E-state index >= 15 is 0 Å². The quantitative estimate of drug-likeness (QED) is 0.683. The van der Waals surface area contributed by atoms with Gasteiger partial charge in [0.25, 0.3) is 5.91 Å². The monoisotopic (exact) mass is 309 g/mol. The Morgan fingerprint density at radius 1 is 1.18 bits per heavy atom. The van der Waals surface area contributed by atoms with E-state index in [1.165, 1.54) is 0 Å². The van der Waals surface area contributed by atoms with Crippen LogP contribution in [-0.2, 0) is 19.1 Å². The van der Waals surface area contributed by atoms with Gasteiger partial charge in [-0.3, -0.25) is 9.59 Å². The number of aliphatic carboxylic acids is 1. The maximum Gasteiger partial charge on any atom is 0.310 e. The summed E-state index contributed by atoms with van der Waals surface area (Å²) in [5.41, 5.74) is 1.29. The Morgan fingerprint density at radius 2 is 1.82 bits per heavy atom. The van der Waals surface area contributed by atoms with Gasteiger partial charge in [-0.25, -0.2) is 0 Å². The molecule has 1 aromatic rings. The molecule has 0 aromatic heterocycles. The van der Waals surface area contributed by atoms with Gasteiger partial charge in [0.2, 0.25) is 0 Å². The van der Waals surface area contributed by atoms with Crippen LogP contribution in [0.3, 0.4) is 0 Å². The Kier molecular flexibility index (Phi) is 7.56. The van der Waals surface area contributed by atoms with E-state index < -0.39 is 18.0 Å². The minimum atomic E-state index is -0.881. The Balaban J connectivity index is 2.49. The number of nitrogens with one attached hydrogen (secondary N) is 1. The highest BCUT2D eigenvalue weighted by Gasteiger charge is 2.15. The van der Waals surface area contributed by atoms with Gasteiger partial charge in [0.15, 0.2) is 0 Å². The van der Waals surface area contributed by atoms with Crippen LogP contribution in [0.1, 0.15) is 32.3 Å².